The minimum absolute atomic E-state index is 0.0631. The number of carbonyl (C=O) groups excluding carboxylic acids is 1. The van der Waals surface area contributed by atoms with E-state index in [1.54, 1.807) is 6.07 Å². The summed E-state index contributed by atoms with van der Waals surface area (Å²) in [6.07, 6.45) is 1.90. The van der Waals surface area contributed by atoms with Gasteiger partial charge in [0.2, 0.25) is 10.0 Å². The molecule has 12 nitrogen and oxygen atoms in total. The van der Waals surface area contributed by atoms with Crippen molar-refractivity contribution in [2.45, 2.75) is 31.3 Å². The number of aryl methyl sites for hydroxylation is 1. The third-order valence-electron chi connectivity index (χ3n) is 5.02. The van der Waals surface area contributed by atoms with E-state index in [9.17, 15) is 28.1 Å². The molecule has 176 valence electrons. The summed E-state index contributed by atoms with van der Waals surface area (Å²) in [7, 11) is 0.298. The van der Waals surface area contributed by atoms with Gasteiger partial charge < -0.3 is 13.9 Å². The van der Waals surface area contributed by atoms with Crippen LogP contribution >= 0.6 is 0 Å². The summed E-state index contributed by atoms with van der Waals surface area (Å²) in [4.78, 5) is 39.7. The smallest absolute Gasteiger partial charge is 0.339 e. The number of benzene rings is 1. The standard InChI is InChI=1S/C20H23N5O7S/c1-5-8-24-16-7-6-14(33(30,31)22(2)3)10-15(16)21-18(24)12-23-11-13(20(27)32-4)9-17(19(23)26)25(28)29/h6-7,9-11H,5,8,12H2,1-4H3. The zero-order valence-electron chi connectivity index (χ0n) is 18.5. The molecule has 0 saturated carbocycles. The van der Waals surface area contributed by atoms with Crippen LogP contribution in [0.4, 0.5) is 5.69 Å². The summed E-state index contributed by atoms with van der Waals surface area (Å²) in [6, 6.07) is 5.42. The maximum absolute atomic E-state index is 12.7. The Kier molecular flexibility index (Phi) is 6.65. The molecule has 0 aliphatic rings. The highest BCUT2D eigenvalue weighted by atomic mass is 32.2. The number of aromatic nitrogens is 3. The van der Waals surface area contributed by atoms with Gasteiger partial charge in [0.1, 0.15) is 5.82 Å². The number of fused-ring (bicyclic) bond motifs is 1. The molecule has 0 aliphatic carbocycles. The lowest BCUT2D eigenvalue weighted by Gasteiger charge is -2.12. The first-order valence-electron chi connectivity index (χ1n) is 9.90. The number of esters is 1. The molecular weight excluding hydrogens is 454 g/mol. The Morgan fingerprint density at radius 3 is 2.55 bits per heavy atom. The van der Waals surface area contributed by atoms with E-state index in [0.717, 1.165) is 22.0 Å². The van der Waals surface area contributed by atoms with Gasteiger partial charge in [-0.1, -0.05) is 6.92 Å². The average Bonchev–Trinajstić information content (AvgIpc) is 3.10. The molecule has 0 bridgehead atoms. The molecule has 0 saturated heterocycles. The van der Waals surface area contributed by atoms with Gasteiger partial charge >= 0.3 is 17.2 Å². The van der Waals surface area contributed by atoms with Gasteiger partial charge in [0.25, 0.3) is 0 Å². The number of nitro groups is 1. The number of imidazole rings is 1. The molecule has 0 N–H and O–H groups in total. The molecule has 0 amide bonds. The first-order chi connectivity index (χ1) is 15.5. The predicted octanol–water partition coefficient (Wildman–Crippen LogP) is 1.60. The van der Waals surface area contributed by atoms with E-state index in [1.165, 1.54) is 32.4 Å². The third-order valence-corrected chi connectivity index (χ3v) is 6.83. The van der Waals surface area contributed by atoms with E-state index in [0.29, 0.717) is 29.8 Å². The Morgan fingerprint density at radius 1 is 1.27 bits per heavy atom. The van der Waals surface area contributed by atoms with E-state index in [2.05, 4.69) is 9.72 Å². The van der Waals surface area contributed by atoms with Gasteiger partial charge in [-0.15, -0.1) is 0 Å². The highest BCUT2D eigenvalue weighted by Gasteiger charge is 2.23. The summed E-state index contributed by atoms with van der Waals surface area (Å²) in [6.45, 7) is 2.28. The highest BCUT2D eigenvalue weighted by Crippen LogP contribution is 2.23. The average molecular weight is 477 g/mol. The zero-order valence-corrected chi connectivity index (χ0v) is 19.3. The van der Waals surface area contributed by atoms with Crippen molar-refractivity contribution in [1.82, 2.24) is 18.4 Å². The normalized spacial score (nSPS) is 11.8. The molecule has 3 aromatic rings. The van der Waals surface area contributed by atoms with E-state index < -0.39 is 32.2 Å². The molecular formula is C20H23N5O7S. The van der Waals surface area contributed by atoms with Crippen LogP contribution in [0.2, 0.25) is 0 Å². The number of methoxy groups -OCH3 is 1. The molecule has 1 aromatic carbocycles. The molecule has 0 unspecified atom stereocenters. The quantitative estimate of drug-likeness (QED) is 0.270. The number of nitrogens with zero attached hydrogens (tertiary/aromatic N) is 5. The lowest BCUT2D eigenvalue weighted by Crippen LogP contribution is -2.26. The van der Waals surface area contributed by atoms with Crippen LogP contribution < -0.4 is 5.56 Å². The molecule has 2 aromatic heterocycles. The van der Waals surface area contributed by atoms with Crippen LogP contribution in [0.25, 0.3) is 11.0 Å². The van der Waals surface area contributed by atoms with Gasteiger partial charge in [-0.3, -0.25) is 14.9 Å². The molecule has 2 heterocycles. The number of carbonyl (C=O) groups is 1. The molecule has 0 fully saturated rings. The monoisotopic (exact) mass is 477 g/mol. The lowest BCUT2D eigenvalue weighted by molar-refractivity contribution is -0.386. The topological polar surface area (TPSA) is 147 Å². The fourth-order valence-corrected chi connectivity index (χ4v) is 4.30. The van der Waals surface area contributed by atoms with E-state index in [-0.39, 0.29) is 17.0 Å². The lowest BCUT2D eigenvalue weighted by atomic mass is 10.2. The van der Waals surface area contributed by atoms with Crippen molar-refractivity contribution in [3.05, 3.63) is 62.3 Å². The molecule has 0 aliphatic heterocycles. The van der Waals surface area contributed by atoms with Gasteiger partial charge in [0, 0.05) is 32.9 Å². The van der Waals surface area contributed by atoms with Gasteiger partial charge in [-0.05, 0) is 24.6 Å². The van der Waals surface area contributed by atoms with Crippen LogP contribution in [-0.2, 0) is 27.8 Å². The van der Waals surface area contributed by atoms with E-state index in [1.807, 2.05) is 11.5 Å². The maximum Gasteiger partial charge on any atom is 0.339 e. The number of ether oxygens (including phenoxy) is 1. The molecule has 13 heteroatoms. The molecule has 0 radical (unpaired) electrons. The van der Waals surface area contributed by atoms with Gasteiger partial charge in [0.15, 0.2) is 0 Å². The second-order valence-electron chi connectivity index (χ2n) is 7.41. The highest BCUT2D eigenvalue weighted by molar-refractivity contribution is 7.89. The number of pyridine rings is 1. The van der Waals surface area contributed by atoms with Crippen molar-refractivity contribution in [2.24, 2.45) is 0 Å². The number of sulfonamides is 1. The molecule has 33 heavy (non-hydrogen) atoms. The molecule has 0 spiro atoms. The summed E-state index contributed by atoms with van der Waals surface area (Å²) in [5, 5.41) is 11.3. The van der Waals surface area contributed by atoms with Crippen molar-refractivity contribution in [3.8, 4) is 0 Å². The van der Waals surface area contributed by atoms with Crippen LogP contribution in [0.15, 0.2) is 40.2 Å². The van der Waals surface area contributed by atoms with Gasteiger partial charge in [-0.25, -0.2) is 22.5 Å². The number of hydrogen-bond acceptors (Lipinski definition) is 8. The van der Waals surface area contributed by atoms with Crippen LogP contribution in [0.1, 0.15) is 29.5 Å². The molecule has 0 atom stereocenters. The fourth-order valence-electron chi connectivity index (χ4n) is 3.37. The third kappa shape index (κ3) is 4.50. The van der Waals surface area contributed by atoms with Crippen molar-refractivity contribution in [1.29, 1.82) is 0 Å². The number of rotatable bonds is 8. The SMILES string of the molecule is CCCn1c(Cn2cc(C(=O)OC)cc([N+](=O)[O-])c2=O)nc2cc(S(=O)(=O)N(C)C)ccc21. The van der Waals surface area contributed by atoms with E-state index >= 15 is 0 Å². The first kappa shape index (κ1) is 24.1. The Labute approximate surface area is 189 Å². The van der Waals surface area contributed by atoms with Crippen LogP contribution in [0.3, 0.4) is 0 Å². The largest absolute Gasteiger partial charge is 0.465 e. The minimum Gasteiger partial charge on any atom is -0.465 e. The summed E-state index contributed by atoms with van der Waals surface area (Å²) >= 11 is 0. The Balaban J connectivity index is 2.19. The van der Waals surface area contributed by atoms with E-state index in [4.69, 9.17) is 0 Å². The van der Waals surface area contributed by atoms with Crippen molar-refractivity contribution < 1.29 is 22.9 Å². The van der Waals surface area contributed by atoms with Crippen molar-refractivity contribution >= 4 is 32.7 Å². The summed E-state index contributed by atoms with van der Waals surface area (Å²) in [5.41, 5.74) is -0.778. The zero-order chi connectivity index (χ0) is 24.5. The number of hydrogen-bond donors (Lipinski definition) is 0. The minimum atomic E-state index is -3.68. The summed E-state index contributed by atoms with van der Waals surface area (Å²) < 4.78 is 33.6. The van der Waals surface area contributed by atoms with Crippen LogP contribution in [0.5, 0.6) is 0 Å². The van der Waals surface area contributed by atoms with Crippen molar-refractivity contribution in [2.75, 3.05) is 21.2 Å². The second kappa shape index (κ2) is 9.11. The maximum atomic E-state index is 12.7. The first-order valence-corrected chi connectivity index (χ1v) is 11.3. The van der Waals surface area contributed by atoms with Gasteiger partial charge in [-0.2, -0.15) is 0 Å². The molecule has 3 rings (SSSR count). The summed E-state index contributed by atoms with van der Waals surface area (Å²) in [5.74, 6) is -0.447. The van der Waals surface area contributed by atoms with Gasteiger partial charge in [0.05, 0.1) is 40.1 Å². The fraction of sp³-hybridized carbons (Fsp3) is 0.350. The Hall–Kier alpha value is -3.58. The second-order valence-corrected chi connectivity index (χ2v) is 9.57. The van der Waals surface area contributed by atoms with Crippen LogP contribution in [0, 0.1) is 10.1 Å². The van der Waals surface area contributed by atoms with Crippen LogP contribution in [-0.4, -0.2) is 58.9 Å². The van der Waals surface area contributed by atoms with Crippen molar-refractivity contribution in [3.63, 3.8) is 0 Å². The Morgan fingerprint density at radius 2 is 1.97 bits per heavy atom. The predicted molar refractivity (Wildman–Crippen MR) is 119 cm³/mol. The Bertz CT molecular complexity index is 1410.